The van der Waals surface area contributed by atoms with Gasteiger partial charge in [-0.1, -0.05) is 30.3 Å². The fourth-order valence-corrected chi connectivity index (χ4v) is 5.52. The van der Waals surface area contributed by atoms with E-state index in [9.17, 15) is 9.59 Å². The first-order valence-corrected chi connectivity index (χ1v) is 17.6. The van der Waals surface area contributed by atoms with Gasteiger partial charge in [-0.05, 0) is 38.2 Å². The molecule has 43 heavy (non-hydrogen) atoms. The van der Waals surface area contributed by atoms with Gasteiger partial charge in [-0.3, -0.25) is 4.79 Å². The molecule has 0 bridgehead atoms. The highest BCUT2D eigenvalue weighted by Crippen LogP contribution is 2.33. The van der Waals surface area contributed by atoms with Crippen molar-refractivity contribution in [2.24, 2.45) is 0 Å². The molecular weight excluding hydrogens is 570 g/mol. The number of aromatic nitrogens is 3. The Morgan fingerprint density at radius 2 is 1.95 bits per heavy atom. The van der Waals surface area contributed by atoms with Crippen LogP contribution in [-0.2, 0) is 27.5 Å². The number of methoxy groups -OCH3 is 1. The second-order valence-corrected chi connectivity index (χ2v) is 16.5. The van der Waals surface area contributed by atoms with Crippen LogP contribution in [0.1, 0.15) is 42.6 Å². The molecule has 1 N–H and O–H groups in total. The summed E-state index contributed by atoms with van der Waals surface area (Å²) < 4.78 is 24.7. The van der Waals surface area contributed by atoms with Crippen molar-refractivity contribution in [1.29, 1.82) is 0 Å². The zero-order valence-electron chi connectivity index (χ0n) is 26.1. The SMILES string of the molecule is COC[C@H](C)NC(=O)c1cn(COCCS(C)(C)C)c2ncc(O[C@H]3CCN(C(=O)OCc4ccccc4)[C@H](C)C3)nc12. The van der Waals surface area contributed by atoms with Gasteiger partial charge in [-0.25, -0.2) is 24.8 Å². The summed E-state index contributed by atoms with van der Waals surface area (Å²) in [7, 11) is 0.918. The van der Waals surface area contributed by atoms with Crippen molar-refractivity contribution in [2.75, 3.05) is 51.4 Å². The number of benzene rings is 1. The molecule has 1 aromatic carbocycles. The van der Waals surface area contributed by atoms with Crippen LogP contribution in [0, 0.1) is 0 Å². The van der Waals surface area contributed by atoms with Crippen LogP contribution in [0.2, 0.25) is 0 Å². The Morgan fingerprint density at radius 1 is 1.19 bits per heavy atom. The lowest BCUT2D eigenvalue weighted by Gasteiger charge is -2.36. The molecule has 0 aliphatic carbocycles. The number of rotatable bonds is 13. The van der Waals surface area contributed by atoms with Crippen LogP contribution in [0.3, 0.4) is 0 Å². The van der Waals surface area contributed by atoms with E-state index in [1.165, 1.54) is 0 Å². The molecule has 4 rings (SSSR count). The average molecular weight is 616 g/mol. The molecule has 3 atom stereocenters. The first-order chi connectivity index (χ1) is 20.5. The fourth-order valence-electron chi connectivity index (χ4n) is 4.90. The smallest absolute Gasteiger partial charge is 0.410 e. The summed E-state index contributed by atoms with van der Waals surface area (Å²) in [4.78, 5) is 37.0. The molecular formula is C31H45N5O6S. The van der Waals surface area contributed by atoms with Crippen molar-refractivity contribution in [3.05, 3.63) is 53.9 Å². The quantitative estimate of drug-likeness (QED) is 0.281. The number of amides is 2. The average Bonchev–Trinajstić information content (AvgIpc) is 3.32. The van der Waals surface area contributed by atoms with Gasteiger partial charge in [-0.15, -0.1) is 0 Å². The Hall–Kier alpha value is -3.35. The van der Waals surface area contributed by atoms with Crippen LogP contribution in [0.25, 0.3) is 11.2 Å². The van der Waals surface area contributed by atoms with E-state index in [1.54, 1.807) is 24.4 Å². The number of nitrogens with one attached hydrogen (secondary N) is 1. The summed E-state index contributed by atoms with van der Waals surface area (Å²) in [5.41, 5.74) is 2.33. The first kappa shape index (κ1) is 32.6. The number of carbonyl (C=O) groups excluding carboxylic acids is 2. The molecule has 2 amide bonds. The van der Waals surface area contributed by atoms with Crippen LogP contribution in [0.4, 0.5) is 4.79 Å². The third-order valence-corrected chi connectivity index (χ3v) is 8.60. The fraction of sp³-hybridized carbons (Fsp3) is 0.548. The van der Waals surface area contributed by atoms with E-state index < -0.39 is 10.0 Å². The van der Waals surface area contributed by atoms with Gasteiger partial charge in [0.05, 0.1) is 25.0 Å². The maximum absolute atomic E-state index is 13.2. The first-order valence-electron chi connectivity index (χ1n) is 14.6. The van der Waals surface area contributed by atoms with E-state index in [4.69, 9.17) is 23.9 Å². The Kier molecular flexibility index (Phi) is 11.3. The topological polar surface area (TPSA) is 117 Å². The van der Waals surface area contributed by atoms with Crippen LogP contribution >= 0.6 is 10.0 Å². The summed E-state index contributed by atoms with van der Waals surface area (Å²) >= 11 is 0. The second kappa shape index (κ2) is 14.9. The van der Waals surface area contributed by atoms with Crippen LogP contribution < -0.4 is 10.1 Å². The lowest BCUT2D eigenvalue weighted by molar-refractivity contribution is 0.0386. The van der Waals surface area contributed by atoms with E-state index in [0.29, 0.717) is 55.2 Å². The number of hydrogen-bond acceptors (Lipinski definition) is 8. The molecule has 2 aromatic heterocycles. The Bertz CT molecular complexity index is 1360. The van der Waals surface area contributed by atoms with Gasteiger partial charge in [0.2, 0.25) is 5.88 Å². The van der Waals surface area contributed by atoms with Crippen molar-refractivity contribution in [3.8, 4) is 5.88 Å². The molecule has 0 unspecified atom stereocenters. The van der Waals surface area contributed by atoms with Crippen molar-refractivity contribution >= 4 is 33.2 Å². The molecule has 0 saturated carbocycles. The Labute approximate surface area is 255 Å². The molecule has 0 spiro atoms. The number of carbonyl (C=O) groups is 2. The third-order valence-electron chi connectivity index (χ3n) is 7.21. The van der Waals surface area contributed by atoms with Gasteiger partial charge < -0.3 is 33.7 Å². The predicted molar refractivity (Wildman–Crippen MR) is 169 cm³/mol. The lowest BCUT2D eigenvalue weighted by atomic mass is 10.0. The number of ether oxygens (including phenoxy) is 4. The Balaban J connectivity index is 1.43. The molecule has 1 aliphatic rings. The Morgan fingerprint density at radius 3 is 2.65 bits per heavy atom. The summed E-state index contributed by atoms with van der Waals surface area (Å²) in [6.07, 6.45) is 10.8. The molecule has 11 nitrogen and oxygen atoms in total. The number of piperidine rings is 1. The third kappa shape index (κ3) is 9.32. The van der Waals surface area contributed by atoms with E-state index >= 15 is 0 Å². The minimum atomic E-state index is -0.678. The summed E-state index contributed by atoms with van der Waals surface area (Å²) in [5.74, 6) is 1.05. The van der Waals surface area contributed by atoms with Crippen molar-refractivity contribution < 1.29 is 28.5 Å². The largest absolute Gasteiger partial charge is 0.473 e. The molecule has 236 valence electrons. The second-order valence-electron chi connectivity index (χ2n) is 11.9. The molecule has 3 heterocycles. The molecule has 1 aliphatic heterocycles. The van der Waals surface area contributed by atoms with Gasteiger partial charge in [0.15, 0.2) is 5.65 Å². The van der Waals surface area contributed by atoms with E-state index in [2.05, 4.69) is 29.1 Å². The maximum Gasteiger partial charge on any atom is 0.410 e. The molecule has 1 saturated heterocycles. The minimum Gasteiger partial charge on any atom is -0.473 e. The van der Waals surface area contributed by atoms with E-state index in [1.807, 2.05) is 48.7 Å². The zero-order valence-corrected chi connectivity index (χ0v) is 26.9. The van der Waals surface area contributed by atoms with Gasteiger partial charge in [0.25, 0.3) is 5.91 Å². The van der Waals surface area contributed by atoms with Crippen LogP contribution in [-0.4, -0.2) is 101 Å². The van der Waals surface area contributed by atoms with Gasteiger partial charge in [0, 0.05) is 50.5 Å². The summed E-state index contributed by atoms with van der Waals surface area (Å²) in [5, 5.41) is 2.96. The molecule has 12 heteroatoms. The summed E-state index contributed by atoms with van der Waals surface area (Å²) in [6.45, 7) is 5.88. The zero-order chi connectivity index (χ0) is 31.0. The minimum absolute atomic E-state index is 0.0736. The predicted octanol–water partition coefficient (Wildman–Crippen LogP) is 4.43. The standard InChI is InChI=1S/C31H45N5O6S/c1-22(19-39-3)33-30(37)26-18-35(21-40-14-15-43(4,5)6)29-28(26)34-27(17-32-29)42-25-12-13-36(23(2)16-25)31(38)41-20-24-10-8-7-9-11-24/h7-11,17-18,22-23,25H,12-16,19-21H2,1-6H3,(H,33,37)/t22-,23+,25-/m0/s1. The number of hydrogen-bond donors (Lipinski definition) is 1. The summed E-state index contributed by atoms with van der Waals surface area (Å²) in [6, 6.07) is 9.38. The van der Waals surface area contributed by atoms with Crippen molar-refractivity contribution in [2.45, 2.75) is 58.2 Å². The van der Waals surface area contributed by atoms with Crippen molar-refractivity contribution in [3.63, 3.8) is 0 Å². The van der Waals surface area contributed by atoms with Crippen LogP contribution in [0.15, 0.2) is 42.7 Å². The van der Waals surface area contributed by atoms with Gasteiger partial charge >= 0.3 is 6.09 Å². The number of likely N-dealkylation sites (tertiary alicyclic amines) is 1. The van der Waals surface area contributed by atoms with Crippen LogP contribution in [0.5, 0.6) is 5.88 Å². The number of nitrogens with zero attached hydrogens (tertiary/aromatic N) is 4. The number of fused-ring (bicyclic) bond motifs is 1. The lowest BCUT2D eigenvalue weighted by Crippen LogP contribution is -2.47. The van der Waals surface area contributed by atoms with Gasteiger partial charge in [-0.2, -0.15) is 0 Å². The van der Waals surface area contributed by atoms with E-state index in [-0.39, 0.29) is 43.5 Å². The molecule has 0 radical (unpaired) electrons. The highest BCUT2D eigenvalue weighted by molar-refractivity contribution is 8.32. The van der Waals surface area contributed by atoms with Crippen molar-refractivity contribution in [1.82, 2.24) is 24.8 Å². The normalized spacial score (nSPS) is 18.3. The monoisotopic (exact) mass is 615 g/mol. The maximum atomic E-state index is 13.2. The highest BCUT2D eigenvalue weighted by Gasteiger charge is 2.31. The highest BCUT2D eigenvalue weighted by atomic mass is 32.3. The molecule has 1 fully saturated rings. The van der Waals surface area contributed by atoms with Gasteiger partial charge in [0.1, 0.15) is 25.0 Å². The van der Waals surface area contributed by atoms with E-state index in [0.717, 1.165) is 11.3 Å². The molecule has 3 aromatic rings.